The summed E-state index contributed by atoms with van der Waals surface area (Å²) in [6, 6.07) is 21.3. The molecule has 2 unspecified atom stereocenters. The molecule has 0 saturated heterocycles. The molecular weight excluding hydrogens is 430 g/mol. The first-order chi connectivity index (χ1) is 16.5. The van der Waals surface area contributed by atoms with Crippen LogP contribution >= 0.6 is 0 Å². The van der Waals surface area contributed by atoms with Crippen LogP contribution in [0.4, 0.5) is 0 Å². The average molecular weight is 453 g/mol. The smallest absolute Gasteiger partial charge is 0.306 e. The Kier molecular flexibility index (Phi) is 5.57. The maximum Gasteiger partial charge on any atom is 0.306 e. The van der Waals surface area contributed by atoms with Gasteiger partial charge in [0, 0.05) is 11.6 Å². The molecule has 6 heteroatoms. The second-order valence-corrected chi connectivity index (χ2v) is 8.68. The predicted octanol–water partition coefficient (Wildman–Crippen LogP) is 3.98. The monoisotopic (exact) mass is 453 g/mol. The van der Waals surface area contributed by atoms with Crippen LogP contribution in [0.1, 0.15) is 60.1 Å². The number of nitrogens with zero attached hydrogens (tertiary/aromatic N) is 1. The summed E-state index contributed by atoms with van der Waals surface area (Å²) >= 11 is 0. The minimum Gasteiger partial charge on any atom is -0.469 e. The number of carbonyl (C=O) groups is 4. The second kappa shape index (κ2) is 8.71. The van der Waals surface area contributed by atoms with Gasteiger partial charge < -0.3 is 4.74 Å². The number of esters is 1. The van der Waals surface area contributed by atoms with Gasteiger partial charge in [-0.15, -0.1) is 0 Å². The van der Waals surface area contributed by atoms with E-state index in [1.54, 1.807) is 30.3 Å². The van der Waals surface area contributed by atoms with Gasteiger partial charge in [-0.1, -0.05) is 54.6 Å². The van der Waals surface area contributed by atoms with Gasteiger partial charge in [0.25, 0.3) is 11.8 Å². The van der Waals surface area contributed by atoms with E-state index in [4.69, 9.17) is 4.74 Å². The van der Waals surface area contributed by atoms with Crippen molar-refractivity contribution in [2.75, 3.05) is 7.11 Å². The van der Waals surface area contributed by atoms with Crippen LogP contribution in [0.3, 0.4) is 0 Å². The Morgan fingerprint density at radius 2 is 1.50 bits per heavy atom. The van der Waals surface area contributed by atoms with Gasteiger partial charge in [-0.3, -0.25) is 24.1 Å². The summed E-state index contributed by atoms with van der Waals surface area (Å²) in [5, 5.41) is 0. The number of Topliss-reactive ketones (excluding diaryl/α,β-unsaturated/α-hetero) is 1. The highest BCUT2D eigenvalue weighted by Gasteiger charge is 2.42. The number of hydrogen-bond donors (Lipinski definition) is 0. The predicted molar refractivity (Wildman–Crippen MR) is 125 cm³/mol. The van der Waals surface area contributed by atoms with Crippen LogP contribution in [0.15, 0.2) is 72.8 Å². The Morgan fingerprint density at radius 3 is 2.15 bits per heavy atom. The molecule has 3 aromatic rings. The maximum absolute atomic E-state index is 13.5. The summed E-state index contributed by atoms with van der Waals surface area (Å²) in [5.41, 5.74) is 4.09. The van der Waals surface area contributed by atoms with Gasteiger partial charge >= 0.3 is 5.97 Å². The third-order valence-corrected chi connectivity index (χ3v) is 6.71. The fraction of sp³-hybridized carbons (Fsp3) is 0.214. The Bertz CT molecular complexity index is 1280. The normalized spacial score (nSPS) is 17.3. The van der Waals surface area contributed by atoms with E-state index in [-0.39, 0.29) is 30.1 Å². The zero-order valence-corrected chi connectivity index (χ0v) is 18.7. The fourth-order valence-corrected chi connectivity index (χ4v) is 4.97. The maximum atomic E-state index is 13.5. The third-order valence-electron chi connectivity index (χ3n) is 6.71. The van der Waals surface area contributed by atoms with Crippen LogP contribution in [0.2, 0.25) is 0 Å². The fourth-order valence-electron chi connectivity index (χ4n) is 4.97. The van der Waals surface area contributed by atoms with E-state index in [1.165, 1.54) is 12.0 Å². The van der Waals surface area contributed by atoms with Gasteiger partial charge in [-0.2, -0.15) is 0 Å². The number of benzene rings is 3. The van der Waals surface area contributed by atoms with Crippen molar-refractivity contribution in [1.82, 2.24) is 4.90 Å². The van der Waals surface area contributed by atoms with Crippen molar-refractivity contribution < 1.29 is 23.9 Å². The van der Waals surface area contributed by atoms with Crippen molar-refractivity contribution in [2.24, 2.45) is 0 Å². The molecule has 2 atom stereocenters. The minimum absolute atomic E-state index is 0.0475. The van der Waals surface area contributed by atoms with Crippen LogP contribution < -0.4 is 0 Å². The highest BCUT2D eigenvalue weighted by Crippen LogP contribution is 2.33. The van der Waals surface area contributed by atoms with E-state index in [0.717, 1.165) is 16.7 Å². The van der Waals surface area contributed by atoms with E-state index in [1.807, 2.05) is 42.5 Å². The number of hydrogen-bond acceptors (Lipinski definition) is 5. The summed E-state index contributed by atoms with van der Waals surface area (Å²) < 4.78 is 4.82. The van der Waals surface area contributed by atoms with Crippen molar-refractivity contribution in [3.05, 3.63) is 106 Å². The molecule has 0 aromatic heterocycles. The molecule has 0 saturated carbocycles. The lowest BCUT2D eigenvalue weighted by molar-refractivity contribution is -0.140. The number of methoxy groups -OCH3 is 1. The number of ketones is 1. The first-order valence-corrected chi connectivity index (χ1v) is 11.2. The minimum atomic E-state index is -0.653. The molecule has 1 heterocycles. The average Bonchev–Trinajstić information content (AvgIpc) is 3.40. The van der Waals surface area contributed by atoms with Gasteiger partial charge in [0.15, 0.2) is 5.78 Å². The second-order valence-electron chi connectivity index (χ2n) is 8.68. The summed E-state index contributed by atoms with van der Waals surface area (Å²) in [6.45, 7) is 0. The molecule has 0 bridgehead atoms. The molecule has 170 valence electrons. The van der Waals surface area contributed by atoms with Gasteiger partial charge in [0.05, 0.1) is 30.6 Å². The van der Waals surface area contributed by atoms with Gasteiger partial charge in [0.1, 0.15) is 0 Å². The Hall–Kier alpha value is -4.06. The van der Waals surface area contributed by atoms with Crippen LogP contribution in [0, 0.1) is 0 Å². The Morgan fingerprint density at radius 1 is 0.882 bits per heavy atom. The van der Waals surface area contributed by atoms with Crippen LogP contribution in [-0.4, -0.2) is 41.6 Å². The quantitative estimate of drug-likeness (QED) is 0.320. The van der Waals surface area contributed by atoms with Crippen LogP contribution in [0.5, 0.6) is 0 Å². The molecule has 6 nitrogen and oxygen atoms in total. The van der Waals surface area contributed by atoms with Crippen LogP contribution in [-0.2, 0) is 22.4 Å². The molecule has 5 rings (SSSR count). The number of imide groups is 1. The van der Waals surface area contributed by atoms with Gasteiger partial charge in [0.2, 0.25) is 0 Å². The molecular formula is C28H23NO5. The van der Waals surface area contributed by atoms with Crippen molar-refractivity contribution in [1.29, 1.82) is 0 Å². The zero-order chi connectivity index (χ0) is 23.8. The number of carbonyl (C=O) groups excluding carboxylic acids is 4. The van der Waals surface area contributed by atoms with Gasteiger partial charge in [-0.05, 0) is 47.7 Å². The number of rotatable bonds is 6. The first-order valence-electron chi connectivity index (χ1n) is 11.2. The summed E-state index contributed by atoms with van der Waals surface area (Å²) in [5.74, 6) is -1.80. The lowest BCUT2D eigenvalue weighted by Gasteiger charge is -2.21. The topological polar surface area (TPSA) is 80.8 Å². The number of fused-ring (bicyclic) bond motifs is 2. The third kappa shape index (κ3) is 3.71. The van der Waals surface area contributed by atoms with Crippen LogP contribution in [0.25, 0.3) is 0 Å². The molecule has 34 heavy (non-hydrogen) atoms. The van der Waals surface area contributed by atoms with E-state index in [2.05, 4.69) is 0 Å². The Labute approximate surface area is 197 Å². The molecule has 3 aromatic carbocycles. The lowest BCUT2D eigenvalue weighted by Crippen LogP contribution is -2.40. The SMILES string of the molecule is COC(=O)CC(C(=O)c1ccc2c(c1)CC(N1C(=O)c3ccccc3C1=O)C2)c1ccccc1. The number of amides is 2. The highest BCUT2D eigenvalue weighted by molar-refractivity contribution is 6.21. The first kappa shape index (κ1) is 21.8. The number of ether oxygens (including phenoxy) is 1. The van der Waals surface area contributed by atoms with E-state index < -0.39 is 11.9 Å². The lowest BCUT2D eigenvalue weighted by atomic mass is 9.87. The molecule has 0 spiro atoms. The molecule has 1 aliphatic carbocycles. The van der Waals surface area contributed by atoms with E-state index >= 15 is 0 Å². The highest BCUT2D eigenvalue weighted by atomic mass is 16.5. The molecule has 2 aliphatic rings. The molecule has 1 aliphatic heterocycles. The summed E-state index contributed by atoms with van der Waals surface area (Å²) in [6.07, 6.45) is 1.00. The standard InChI is InChI=1S/C28H23NO5/c1-34-25(30)16-24(17-7-3-2-4-8-17)26(31)19-12-11-18-14-21(15-20(18)13-19)29-27(32)22-9-5-6-10-23(22)28(29)33/h2-13,21,24H,14-16H2,1H3. The van der Waals surface area contributed by atoms with Crippen molar-refractivity contribution in [3.63, 3.8) is 0 Å². The van der Waals surface area contributed by atoms with Crippen molar-refractivity contribution in [3.8, 4) is 0 Å². The largest absolute Gasteiger partial charge is 0.469 e. The summed E-state index contributed by atoms with van der Waals surface area (Å²) in [7, 11) is 1.31. The van der Waals surface area contributed by atoms with E-state index in [9.17, 15) is 19.2 Å². The molecule has 0 fully saturated rings. The summed E-state index contributed by atoms with van der Waals surface area (Å²) in [4.78, 5) is 52.6. The molecule has 0 radical (unpaired) electrons. The zero-order valence-electron chi connectivity index (χ0n) is 18.7. The Balaban J connectivity index is 1.40. The molecule has 2 amide bonds. The van der Waals surface area contributed by atoms with Crippen molar-refractivity contribution in [2.45, 2.75) is 31.2 Å². The van der Waals surface area contributed by atoms with Gasteiger partial charge in [-0.25, -0.2) is 0 Å². The van der Waals surface area contributed by atoms with Crippen molar-refractivity contribution >= 4 is 23.6 Å². The van der Waals surface area contributed by atoms with E-state index in [0.29, 0.717) is 29.5 Å². The molecule has 0 N–H and O–H groups in total.